The van der Waals surface area contributed by atoms with Crippen molar-refractivity contribution in [1.29, 1.82) is 0 Å². The molecule has 2 aliphatic rings. The zero-order valence-electron chi connectivity index (χ0n) is 11.1. The number of nitrogens with two attached hydrogens (primary N) is 1. The van der Waals surface area contributed by atoms with E-state index in [0.29, 0.717) is 12.5 Å². The molecule has 2 unspecified atom stereocenters. The van der Waals surface area contributed by atoms with E-state index in [1.165, 1.54) is 12.8 Å². The molecule has 5 heteroatoms. The van der Waals surface area contributed by atoms with E-state index in [-0.39, 0.29) is 17.9 Å². The van der Waals surface area contributed by atoms with Crippen LogP contribution in [0.2, 0.25) is 0 Å². The topological polar surface area (TPSA) is 73.6 Å². The summed E-state index contributed by atoms with van der Waals surface area (Å²) in [6.07, 6.45) is 4.13. The molecule has 104 valence electrons. The molecule has 0 aromatic rings. The van der Waals surface area contributed by atoms with Crippen molar-refractivity contribution >= 4 is 5.91 Å². The van der Waals surface area contributed by atoms with Crippen molar-refractivity contribution in [3.8, 4) is 0 Å². The van der Waals surface area contributed by atoms with Gasteiger partial charge in [0.1, 0.15) is 0 Å². The quantitative estimate of drug-likeness (QED) is 0.716. The molecule has 1 saturated heterocycles. The van der Waals surface area contributed by atoms with Gasteiger partial charge in [0.2, 0.25) is 5.91 Å². The predicted octanol–water partition coefficient (Wildman–Crippen LogP) is 0.282. The van der Waals surface area contributed by atoms with E-state index < -0.39 is 6.04 Å². The standard InChI is InChI=1S/C13H24N2O3/c1-17-8-11(9-2-3-9)15-13(16)12(14)10-4-6-18-7-5-10/h9-12H,2-8,14H2,1H3,(H,15,16). The third-order valence-corrected chi connectivity index (χ3v) is 3.94. The number of carbonyl (C=O) groups excluding carboxylic acids is 1. The minimum absolute atomic E-state index is 0.0316. The summed E-state index contributed by atoms with van der Waals surface area (Å²) in [5.74, 6) is 0.799. The van der Waals surface area contributed by atoms with Gasteiger partial charge in [0.05, 0.1) is 18.7 Å². The van der Waals surface area contributed by atoms with Crippen molar-refractivity contribution in [2.45, 2.75) is 37.8 Å². The summed E-state index contributed by atoms with van der Waals surface area (Å²) in [6.45, 7) is 2.02. The number of hydrogen-bond acceptors (Lipinski definition) is 4. The maximum atomic E-state index is 12.1. The molecule has 0 bridgehead atoms. The minimum Gasteiger partial charge on any atom is -0.383 e. The highest BCUT2D eigenvalue weighted by Gasteiger charge is 2.34. The molecule has 1 saturated carbocycles. The molecule has 2 fully saturated rings. The fraction of sp³-hybridized carbons (Fsp3) is 0.923. The lowest BCUT2D eigenvalue weighted by molar-refractivity contribution is -0.125. The van der Waals surface area contributed by atoms with Crippen LogP contribution in [0.4, 0.5) is 0 Å². The second-order valence-corrected chi connectivity index (χ2v) is 5.38. The average molecular weight is 256 g/mol. The van der Waals surface area contributed by atoms with Gasteiger partial charge in [-0.3, -0.25) is 4.79 Å². The molecule has 0 aromatic heterocycles. The highest BCUT2D eigenvalue weighted by Crippen LogP contribution is 2.32. The van der Waals surface area contributed by atoms with Crippen molar-refractivity contribution in [3.63, 3.8) is 0 Å². The lowest BCUT2D eigenvalue weighted by Gasteiger charge is -2.28. The molecular formula is C13H24N2O3. The fourth-order valence-corrected chi connectivity index (χ4v) is 2.54. The second kappa shape index (κ2) is 6.50. The Balaban J connectivity index is 1.81. The Morgan fingerprint density at radius 3 is 2.56 bits per heavy atom. The first-order valence-corrected chi connectivity index (χ1v) is 6.85. The van der Waals surface area contributed by atoms with E-state index >= 15 is 0 Å². The largest absolute Gasteiger partial charge is 0.383 e. The van der Waals surface area contributed by atoms with Crippen molar-refractivity contribution in [3.05, 3.63) is 0 Å². The van der Waals surface area contributed by atoms with Crippen LogP contribution in [0.15, 0.2) is 0 Å². The Bertz CT molecular complexity index is 275. The van der Waals surface area contributed by atoms with E-state index in [2.05, 4.69) is 5.32 Å². The van der Waals surface area contributed by atoms with Crippen LogP contribution in [0.3, 0.4) is 0 Å². The molecule has 1 heterocycles. The third kappa shape index (κ3) is 3.67. The molecule has 0 radical (unpaired) electrons. The molecule has 3 N–H and O–H groups in total. The first-order chi connectivity index (χ1) is 8.72. The van der Waals surface area contributed by atoms with Crippen LogP contribution in [-0.4, -0.2) is 44.9 Å². The monoisotopic (exact) mass is 256 g/mol. The van der Waals surface area contributed by atoms with Gasteiger partial charge < -0.3 is 20.5 Å². The number of ether oxygens (including phenoxy) is 2. The summed E-state index contributed by atoms with van der Waals surface area (Å²) in [6, 6.07) is -0.277. The van der Waals surface area contributed by atoms with Crippen molar-refractivity contribution < 1.29 is 14.3 Å². The van der Waals surface area contributed by atoms with Gasteiger partial charge in [-0.25, -0.2) is 0 Å². The Morgan fingerprint density at radius 2 is 2.00 bits per heavy atom. The molecule has 5 nitrogen and oxygen atoms in total. The lowest BCUT2D eigenvalue weighted by Crippen LogP contribution is -2.51. The smallest absolute Gasteiger partial charge is 0.237 e. The van der Waals surface area contributed by atoms with Gasteiger partial charge in [0.25, 0.3) is 0 Å². The third-order valence-electron chi connectivity index (χ3n) is 3.94. The number of rotatable bonds is 6. The summed E-state index contributed by atoms with van der Waals surface area (Å²) in [4.78, 5) is 12.1. The first-order valence-electron chi connectivity index (χ1n) is 6.85. The molecule has 1 amide bonds. The van der Waals surface area contributed by atoms with Crippen molar-refractivity contribution in [2.75, 3.05) is 26.9 Å². The van der Waals surface area contributed by atoms with E-state index in [4.69, 9.17) is 15.2 Å². The van der Waals surface area contributed by atoms with Crippen LogP contribution in [-0.2, 0) is 14.3 Å². The molecule has 18 heavy (non-hydrogen) atoms. The minimum atomic E-state index is -0.410. The average Bonchev–Trinajstić information content (AvgIpc) is 3.22. The normalized spacial score (nSPS) is 24.6. The van der Waals surface area contributed by atoms with Crippen LogP contribution < -0.4 is 11.1 Å². The van der Waals surface area contributed by atoms with Gasteiger partial charge in [-0.15, -0.1) is 0 Å². The van der Waals surface area contributed by atoms with Gasteiger partial charge in [-0.1, -0.05) is 0 Å². The van der Waals surface area contributed by atoms with E-state index in [1.54, 1.807) is 7.11 Å². The zero-order chi connectivity index (χ0) is 13.0. The van der Waals surface area contributed by atoms with Crippen LogP contribution in [0.25, 0.3) is 0 Å². The molecule has 0 spiro atoms. The Hall–Kier alpha value is -0.650. The van der Waals surface area contributed by atoms with E-state index in [9.17, 15) is 4.79 Å². The zero-order valence-corrected chi connectivity index (χ0v) is 11.1. The number of methoxy groups -OCH3 is 1. The molecular weight excluding hydrogens is 232 g/mol. The molecule has 0 aromatic carbocycles. The Labute approximate surface area is 108 Å². The number of carbonyl (C=O) groups is 1. The highest BCUT2D eigenvalue weighted by molar-refractivity contribution is 5.82. The molecule has 1 aliphatic heterocycles. The number of nitrogens with one attached hydrogen (secondary N) is 1. The highest BCUT2D eigenvalue weighted by atomic mass is 16.5. The van der Waals surface area contributed by atoms with E-state index in [1.807, 2.05) is 0 Å². The maximum Gasteiger partial charge on any atom is 0.237 e. The van der Waals surface area contributed by atoms with Crippen LogP contribution in [0.1, 0.15) is 25.7 Å². The SMILES string of the molecule is COCC(NC(=O)C(N)C1CCOCC1)C1CC1. The van der Waals surface area contributed by atoms with Gasteiger partial charge >= 0.3 is 0 Å². The number of hydrogen-bond donors (Lipinski definition) is 2. The van der Waals surface area contributed by atoms with Crippen LogP contribution in [0.5, 0.6) is 0 Å². The van der Waals surface area contributed by atoms with Gasteiger partial charge in [0.15, 0.2) is 0 Å². The summed E-state index contributed by atoms with van der Waals surface area (Å²) < 4.78 is 10.4. The fourth-order valence-electron chi connectivity index (χ4n) is 2.54. The molecule has 2 atom stereocenters. The van der Waals surface area contributed by atoms with Crippen molar-refractivity contribution in [1.82, 2.24) is 5.32 Å². The lowest BCUT2D eigenvalue weighted by atomic mass is 9.91. The summed E-state index contributed by atoms with van der Waals surface area (Å²) in [5, 5.41) is 3.05. The second-order valence-electron chi connectivity index (χ2n) is 5.38. The number of amides is 1. The summed E-state index contributed by atoms with van der Waals surface area (Å²) in [5.41, 5.74) is 6.05. The summed E-state index contributed by atoms with van der Waals surface area (Å²) in [7, 11) is 1.67. The Morgan fingerprint density at radius 1 is 1.33 bits per heavy atom. The van der Waals surface area contributed by atoms with Gasteiger partial charge in [-0.2, -0.15) is 0 Å². The van der Waals surface area contributed by atoms with Crippen LogP contribution in [0, 0.1) is 11.8 Å². The molecule has 1 aliphatic carbocycles. The molecule has 2 rings (SSSR count). The summed E-state index contributed by atoms with van der Waals surface area (Å²) >= 11 is 0. The van der Waals surface area contributed by atoms with Crippen LogP contribution >= 0.6 is 0 Å². The van der Waals surface area contributed by atoms with Gasteiger partial charge in [0, 0.05) is 20.3 Å². The van der Waals surface area contributed by atoms with E-state index in [0.717, 1.165) is 26.1 Å². The maximum absolute atomic E-state index is 12.1. The Kier molecular flexibility index (Phi) is 4.97. The predicted molar refractivity (Wildman–Crippen MR) is 68.0 cm³/mol. The first kappa shape index (κ1) is 13.8. The van der Waals surface area contributed by atoms with Crippen molar-refractivity contribution in [2.24, 2.45) is 17.6 Å². The van der Waals surface area contributed by atoms with Gasteiger partial charge in [-0.05, 0) is 37.5 Å².